The number of benzene rings is 1. The highest BCUT2D eigenvalue weighted by atomic mass is 79.9. The van der Waals surface area contributed by atoms with Gasteiger partial charge in [0.15, 0.2) is 11.8 Å². The molecule has 0 unspecified atom stereocenters. The summed E-state index contributed by atoms with van der Waals surface area (Å²) in [5, 5.41) is 0. The van der Waals surface area contributed by atoms with Crippen LogP contribution in [0, 0.1) is 11.6 Å². The summed E-state index contributed by atoms with van der Waals surface area (Å²) in [4.78, 5) is 6.99. The van der Waals surface area contributed by atoms with Crippen LogP contribution in [0.1, 0.15) is 0 Å². The molecule has 0 aliphatic carbocycles. The van der Waals surface area contributed by atoms with Crippen LogP contribution in [-0.4, -0.2) is 11.9 Å². The predicted octanol–water partition coefficient (Wildman–Crippen LogP) is 1.37. The summed E-state index contributed by atoms with van der Waals surface area (Å²) < 4.78 is 26.1. The zero-order valence-corrected chi connectivity index (χ0v) is 10.7. The summed E-state index contributed by atoms with van der Waals surface area (Å²) in [6, 6.07) is 1.72. The van der Waals surface area contributed by atoms with E-state index in [1.807, 2.05) is 0 Å². The van der Waals surface area contributed by atoms with Gasteiger partial charge in [-0.15, -0.1) is 12.4 Å². The van der Waals surface area contributed by atoms with E-state index in [0.717, 1.165) is 6.07 Å². The number of rotatable bonds is 1. The molecule has 0 aliphatic heterocycles. The van der Waals surface area contributed by atoms with Crippen LogP contribution < -0.4 is 17.2 Å². The Kier molecular flexibility index (Phi) is 5.83. The minimum Gasteiger partial charge on any atom is -0.370 e. The maximum atomic E-state index is 13.3. The minimum absolute atomic E-state index is 0. The first kappa shape index (κ1) is 15.6. The molecule has 1 aromatic rings. The van der Waals surface area contributed by atoms with Crippen LogP contribution in [0.5, 0.6) is 0 Å². The Hall–Kier alpha value is -1.41. The van der Waals surface area contributed by atoms with Gasteiger partial charge in [-0.1, -0.05) is 0 Å². The summed E-state index contributed by atoms with van der Waals surface area (Å²) in [7, 11) is 0. The molecule has 0 saturated heterocycles. The zero-order valence-electron chi connectivity index (χ0n) is 8.32. The normalized spacial score (nSPS) is 10.6. The molecule has 0 aromatic heterocycles. The van der Waals surface area contributed by atoms with Crippen molar-refractivity contribution in [2.45, 2.75) is 0 Å². The van der Waals surface area contributed by atoms with Crippen molar-refractivity contribution >= 4 is 45.9 Å². The van der Waals surface area contributed by atoms with E-state index in [0.29, 0.717) is 6.07 Å². The van der Waals surface area contributed by atoms with E-state index in [1.54, 1.807) is 0 Å². The minimum atomic E-state index is -0.874. The smallest absolute Gasteiger partial charge is 0.223 e. The lowest BCUT2D eigenvalue weighted by Gasteiger charge is -2.01. The fraction of sp³-hybridized carbons (Fsp3) is 0. The van der Waals surface area contributed by atoms with E-state index in [1.165, 1.54) is 0 Å². The number of nitrogens with zero attached hydrogens (tertiary/aromatic N) is 2. The number of guanidine groups is 2. The van der Waals surface area contributed by atoms with Crippen molar-refractivity contribution in [3.05, 3.63) is 28.2 Å². The highest BCUT2D eigenvalue weighted by Gasteiger charge is 2.09. The second kappa shape index (κ2) is 6.36. The quantitative estimate of drug-likeness (QED) is 0.536. The molecule has 5 nitrogen and oxygen atoms in total. The third-order valence-corrected chi connectivity index (χ3v) is 2.06. The van der Waals surface area contributed by atoms with Crippen molar-refractivity contribution in [1.29, 1.82) is 0 Å². The topological polar surface area (TPSA) is 103 Å². The molecule has 0 atom stereocenters. The molecule has 9 heteroatoms. The number of aliphatic imine (C=N–C) groups is 2. The van der Waals surface area contributed by atoms with Crippen molar-refractivity contribution in [1.82, 2.24) is 0 Å². The Morgan fingerprint density at radius 1 is 1.18 bits per heavy atom. The number of nitrogens with two attached hydrogens (primary N) is 3. The molecule has 0 heterocycles. The van der Waals surface area contributed by atoms with Gasteiger partial charge in [0.1, 0.15) is 11.5 Å². The number of hydrogen-bond donors (Lipinski definition) is 3. The van der Waals surface area contributed by atoms with Crippen LogP contribution in [0.25, 0.3) is 0 Å². The Balaban J connectivity index is 0.00000256. The van der Waals surface area contributed by atoms with Crippen molar-refractivity contribution in [2.24, 2.45) is 27.2 Å². The van der Waals surface area contributed by atoms with Crippen LogP contribution in [-0.2, 0) is 0 Å². The molecular weight excluding hydrogens is 319 g/mol. The van der Waals surface area contributed by atoms with Gasteiger partial charge in [0, 0.05) is 10.5 Å². The first-order valence-corrected chi connectivity index (χ1v) is 4.78. The maximum Gasteiger partial charge on any atom is 0.223 e. The van der Waals surface area contributed by atoms with Crippen LogP contribution in [0.15, 0.2) is 26.6 Å². The van der Waals surface area contributed by atoms with Crippen molar-refractivity contribution in [3.8, 4) is 0 Å². The average Bonchev–Trinajstić information content (AvgIpc) is 2.09. The summed E-state index contributed by atoms with van der Waals surface area (Å²) in [6.45, 7) is 0. The molecule has 0 radical (unpaired) electrons. The van der Waals surface area contributed by atoms with Crippen molar-refractivity contribution in [3.63, 3.8) is 0 Å². The highest BCUT2D eigenvalue weighted by Crippen LogP contribution is 2.29. The third-order valence-electron chi connectivity index (χ3n) is 1.45. The second-order valence-corrected chi connectivity index (χ2v) is 3.58. The maximum absolute atomic E-state index is 13.3. The molecule has 6 N–H and O–H groups in total. The van der Waals surface area contributed by atoms with Gasteiger partial charge in [-0.25, -0.2) is 13.8 Å². The van der Waals surface area contributed by atoms with E-state index < -0.39 is 11.6 Å². The molecule has 94 valence electrons. The molecule has 17 heavy (non-hydrogen) atoms. The Morgan fingerprint density at radius 2 is 1.76 bits per heavy atom. The number of halogens is 4. The molecule has 1 aromatic carbocycles. The first-order chi connectivity index (χ1) is 7.40. The van der Waals surface area contributed by atoms with Crippen LogP contribution in [0.4, 0.5) is 14.5 Å². The molecule has 0 fully saturated rings. The number of hydrogen-bond acceptors (Lipinski definition) is 1. The standard InChI is InChI=1S/C8H8BrF2N5.ClH/c9-4-1-3(10)2-5(11)6(4)15-8(14)16-7(12)13;/h1-2H,(H6,12,13,14,15,16);1H. The third kappa shape index (κ3) is 4.53. The Labute approximate surface area is 110 Å². The van der Waals surface area contributed by atoms with E-state index in [4.69, 9.17) is 17.2 Å². The lowest BCUT2D eigenvalue weighted by atomic mass is 10.3. The largest absolute Gasteiger partial charge is 0.370 e. The summed E-state index contributed by atoms with van der Waals surface area (Å²) in [6.07, 6.45) is 0. The molecule has 0 amide bonds. The fourth-order valence-corrected chi connectivity index (χ4v) is 1.41. The summed E-state index contributed by atoms with van der Waals surface area (Å²) in [5.74, 6) is -2.24. The van der Waals surface area contributed by atoms with Crippen LogP contribution in [0.2, 0.25) is 0 Å². The average molecular weight is 329 g/mol. The van der Waals surface area contributed by atoms with Crippen LogP contribution in [0.3, 0.4) is 0 Å². The lowest BCUT2D eigenvalue weighted by Crippen LogP contribution is -2.26. The van der Waals surface area contributed by atoms with E-state index in [-0.39, 0.29) is 34.5 Å². The summed E-state index contributed by atoms with van der Waals surface area (Å²) in [5.41, 5.74) is 15.2. The van der Waals surface area contributed by atoms with E-state index >= 15 is 0 Å². The van der Waals surface area contributed by atoms with Gasteiger partial charge in [0.2, 0.25) is 5.96 Å². The van der Waals surface area contributed by atoms with Gasteiger partial charge in [-0.2, -0.15) is 4.99 Å². The molecule has 0 saturated carbocycles. The van der Waals surface area contributed by atoms with Gasteiger partial charge < -0.3 is 17.2 Å². The monoisotopic (exact) mass is 327 g/mol. The second-order valence-electron chi connectivity index (χ2n) is 2.72. The Bertz CT molecular complexity index is 450. The lowest BCUT2D eigenvalue weighted by molar-refractivity contribution is 0.583. The predicted molar refractivity (Wildman–Crippen MR) is 68.4 cm³/mol. The van der Waals surface area contributed by atoms with Gasteiger partial charge in [-0.3, -0.25) is 0 Å². The van der Waals surface area contributed by atoms with Crippen molar-refractivity contribution in [2.75, 3.05) is 0 Å². The van der Waals surface area contributed by atoms with Gasteiger partial charge in [0.25, 0.3) is 0 Å². The fourth-order valence-electron chi connectivity index (χ4n) is 0.913. The van der Waals surface area contributed by atoms with Crippen molar-refractivity contribution < 1.29 is 8.78 Å². The Morgan fingerprint density at radius 3 is 2.24 bits per heavy atom. The molecular formula is C8H9BrClF2N5. The van der Waals surface area contributed by atoms with E-state index in [9.17, 15) is 8.78 Å². The summed E-state index contributed by atoms with van der Waals surface area (Å²) >= 11 is 2.94. The van der Waals surface area contributed by atoms with Gasteiger partial charge in [0.05, 0.1) is 0 Å². The molecule has 0 bridgehead atoms. The highest BCUT2D eigenvalue weighted by molar-refractivity contribution is 9.10. The SMILES string of the molecule is Cl.NC(N)=NC(N)=Nc1c(F)cc(F)cc1Br. The van der Waals surface area contributed by atoms with Gasteiger partial charge in [-0.05, 0) is 22.0 Å². The zero-order chi connectivity index (χ0) is 12.3. The van der Waals surface area contributed by atoms with E-state index in [2.05, 4.69) is 25.9 Å². The molecule has 1 rings (SSSR count). The van der Waals surface area contributed by atoms with Gasteiger partial charge >= 0.3 is 0 Å². The molecule has 0 aliphatic rings. The van der Waals surface area contributed by atoms with Crippen LogP contribution >= 0.6 is 28.3 Å². The first-order valence-electron chi connectivity index (χ1n) is 3.98. The molecule has 0 spiro atoms.